The molecule has 0 saturated heterocycles. The zero-order valence-corrected chi connectivity index (χ0v) is 10.3. The molecule has 0 aromatic carbocycles. The lowest BCUT2D eigenvalue weighted by Gasteiger charge is -2.07. The lowest BCUT2D eigenvalue weighted by molar-refractivity contribution is 0.440. The molecule has 0 saturated carbocycles. The van der Waals surface area contributed by atoms with Gasteiger partial charge in [0.15, 0.2) is 0 Å². The number of rotatable bonds is 5. The summed E-state index contributed by atoms with van der Waals surface area (Å²) in [5.41, 5.74) is 0.746. The molecule has 4 heteroatoms. The van der Waals surface area contributed by atoms with Gasteiger partial charge < -0.3 is 10.1 Å². The summed E-state index contributed by atoms with van der Waals surface area (Å²) in [6, 6.07) is 3.61. The van der Waals surface area contributed by atoms with Crippen LogP contribution >= 0.6 is 22.6 Å². The third-order valence-corrected chi connectivity index (χ3v) is 1.99. The van der Waals surface area contributed by atoms with Crippen molar-refractivity contribution in [2.75, 3.05) is 0 Å². The van der Waals surface area contributed by atoms with Gasteiger partial charge in [-0.2, -0.15) is 0 Å². The Morgan fingerprint density at radius 1 is 1.67 bits per heavy atom. The lowest BCUT2D eigenvalue weighted by atomic mass is 10.2. The van der Waals surface area contributed by atoms with Crippen LogP contribution in [-0.2, 0) is 6.42 Å². The number of nitrogens with one attached hydrogen (secondary N) is 1. The smallest absolute Gasteiger partial charge is 0.149 e. The van der Waals surface area contributed by atoms with Gasteiger partial charge in [-0.15, -0.1) is 0 Å². The number of ether oxygens (including phenoxy) is 1. The second-order valence-corrected chi connectivity index (χ2v) is 3.44. The second kappa shape index (κ2) is 6.34. The van der Waals surface area contributed by atoms with E-state index < -0.39 is 0 Å². The third-order valence-electron chi connectivity index (χ3n) is 1.63. The first-order valence-corrected chi connectivity index (χ1v) is 5.59. The van der Waals surface area contributed by atoms with Crippen LogP contribution in [0.4, 0.5) is 0 Å². The molecule has 0 aliphatic carbocycles. The first kappa shape index (κ1) is 11.9. The summed E-state index contributed by atoms with van der Waals surface area (Å²) in [6.07, 6.45) is 5.22. The van der Waals surface area contributed by atoms with Gasteiger partial charge in [-0.1, -0.05) is 29.2 Å². The molecule has 78 valence electrons. The van der Waals surface area contributed by atoms with Crippen molar-refractivity contribution in [1.82, 2.24) is 4.98 Å². The summed E-state index contributed by atoms with van der Waals surface area (Å²) in [5, 5.41) is 7.04. The summed E-state index contributed by atoms with van der Waals surface area (Å²) in [4.78, 5) is 4.14. The second-order valence-electron chi connectivity index (χ2n) is 2.72. The van der Waals surface area contributed by atoms with Crippen LogP contribution in [0.25, 0.3) is 0 Å². The van der Waals surface area contributed by atoms with Crippen LogP contribution in [0.2, 0.25) is 0 Å². The number of pyridine rings is 1. The zero-order chi connectivity index (χ0) is 11.1. The van der Waals surface area contributed by atoms with Crippen molar-refractivity contribution in [2.45, 2.75) is 6.42 Å². The Bertz CT molecular complexity index is 388. The molecule has 1 aromatic heterocycles. The highest BCUT2D eigenvalue weighted by atomic mass is 127. The molecule has 0 aliphatic rings. The van der Waals surface area contributed by atoms with Crippen LogP contribution in [0.1, 0.15) is 5.69 Å². The molecular formula is C11H11IN2O. The van der Waals surface area contributed by atoms with E-state index in [9.17, 15) is 0 Å². The maximum Gasteiger partial charge on any atom is 0.149 e. The molecular weight excluding hydrogens is 303 g/mol. The van der Waals surface area contributed by atoms with Crippen molar-refractivity contribution in [3.8, 4) is 5.75 Å². The van der Waals surface area contributed by atoms with Crippen molar-refractivity contribution in [1.29, 1.82) is 5.41 Å². The Morgan fingerprint density at radius 3 is 3.13 bits per heavy atom. The van der Waals surface area contributed by atoms with Crippen LogP contribution < -0.4 is 4.74 Å². The maximum atomic E-state index is 7.04. The van der Waals surface area contributed by atoms with Crippen LogP contribution in [0.5, 0.6) is 5.75 Å². The fourth-order valence-electron chi connectivity index (χ4n) is 1.01. The molecule has 0 atom stereocenters. The molecule has 0 spiro atoms. The number of nitrogens with zero attached hydrogens (tertiary/aromatic N) is 1. The topological polar surface area (TPSA) is 46.0 Å². The zero-order valence-electron chi connectivity index (χ0n) is 8.11. The summed E-state index contributed by atoms with van der Waals surface area (Å²) < 4.78 is 7.31. The minimum absolute atomic E-state index is 0.470. The van der Waals surface area contributed by atoms with Crippen molar-refractivity contribution in [3.63, 3.8) is 0 Å². The van der Waals surface area contributed by atoms with Crippen LogP contribution in [0, 0.1) is 5.41 Å². The van der Waals surface area contributed by atoms with E-state index >= 15 is 0 Å². The number of hydrogen-bond donors (Lipinski definition) is 1. The summed E-state index contributed by atoms with van der Waals surface area (Å²) in [7, 11) is 0. The molecule has 1 aromatic rings. The number of hydrogen-bond acceptors (Lipinski definition) is 3. The highest BCUT2D eigenvalue weighted by Gasteiger charge is 2.03. The van der Waals surface area contributed by atoms with Gasteiger partial charge in [-0.3, -0.25) is 4.98 Å². The summed E-state index contributed by atoms with van der Waals surface area (Å²) >= 11 is 2.10. The van der Waals surface area contributed by atoms with Gasteiger partial charge in [0.05, 0.1) is 5.69 Å². The predicted octanol–water partition coefficient (Wildman–Crippen LogP) is 3.11. The molecule has 3 nitrogen and oxygen atoms in total. The Balaban J connectivity index is 2.83. The van der Waals surface area contributed by atoms with E-state index in [1.807, 2.05) is 10.1 Å². The van der Waals surface area contributed by atoms with Gasteiger partial charge in [-0.25, -0.2) is 0 Å². The van der Waals surface area contributed by atoms with Crippen molar-refractivity contribution < 1.29 is 4.74 Å². The molecule has 0 bridgehead atoms. The maximum absolute atomic E-state index is 7.04. The molecule has 0 amide bonds. The average Bonchev–Trinajstić information content (AvgIpc) is 2.21. The van der Waals surface area contributed by atoms with E-state index in [1.54, 1.807) is 18.3 Å². The van der Waals surface area contributed by atoms with E-state index in [0.29, 0.717) is 17.9 Å². The normalized spacial score (nSPS) is 10.2. The molecule has 0 fully saturated rings. The molecule has 1 N–H and O–H groups in total. The average molecular weight is 314 g/mol. The Hall–Kier alpha value is -1.17. The molecule has 0 aliphatic heterocycles. The highest BCUT2D eigenvalue weighted by molar-refractivity contribution is 14.1. The summed E-state index contributed by atoms with van der Waals surface area (Å²) in [6.45, 7) is 3.74. The van der Waals surface area contributed by atoms with Gasteiger partial charge in [-0.05, 0) is 22.3 Å². The van der Waals surface area contributed by atoms with Gasteiger partial charge in [0.2, 0.25) is 0 Å². The van der Waals surface area contributed by atoms with Crippen LogP contribution in [0.3, 0.4) is 0 Å². The van der Waals surface area contributed by atoms with Crippen LogP contribution in [-0.4, -0.2) is 11.2 Å². The van der Waals surface area contributed by atoms with Gasteiger partial charge in [0.25, 0.3) is 0 Å². The lowest BCUT2D eigenvalue weighted by Crippen LogP contribution is -1.98. The number of halogens is 1. The Morgan fingerprint density at radius 2 is 2.47 bits per heavy atom. The fraction of sp³-hybridized carbons (Fsp3) is 0.0909. The molecule has 0 radical (unpaired) electrons. The van der Waals surface area contributed by atoms with Crippen LogP contribution in [0.15, 0.2) is 40.8 Å². The number of allylic oxidation sites excluding steroid dienone is 1. The monoisotopic (exact) mass is 314 g/mol. The first-order chi connectivity index (χ1) is 7.27. The number of aromatic nitrogens is 1. The highest BCUT2D eigenvalue weighted by Crippen LogP contribution is 2.18. The van der Waals surface area contributed by atoms with E-state index in [-0.39, 0.29) is 0 Å². The predicted molar refractivity (Wildman–Crippen MR) is 69.7 cm³/mol. The van der Waals surface area contributed by atoms with E-state index in [1.165, 1.54) is 6.21 Å². The van der Waals surface area contributed by atoms with Gasteiger partial charge in [0.1, 0.15) is 11.5 Å². The van der Waals surface area contributed by atoms with E-state index in [2.05, 4.69) is 34.2 Å². The molecule has 15 heavy (non-hydrogen) atoms. The quantitative estimate of drug-likeness (QED) is 0.393. The molecule has 1 heterocycles. The van der Waals surface area contributed by atoms with E-state index in [4.69, 9.17) is 10.1 Å². The Kier molecular flexibility index (Phi) is 5.03. The summed E-state index contributed by atoms with van der Waals surface area (Å²) in [5.74, 6) is 1.21. The first-order valence-electron chi connectivity index (χ1n) is 4.34. The fourth-order valence-corrected chi connectivity index (χ4v) is 1.41. The SMILES string of the molecule is C=C(/C=C\I)Oc1cccnc1CC=N. The standard InChI is InChI=1S/C11H11IN2O/c1-9(4-6-12)15-11-3-2-8-14-10(11)5-7-13/h2-4,6-8,13H,1,5H2/b6-4-,13-7?. The molecule has 0 unspecified atom stereocenters. The minimum atomic E-state index is 0.470. The largest absolute Gasteiger partial charge is 0.456 e. The minimum Gasteiger partial charge on any atom is -0.456 e. The molecule has 1 rings (SSSR count). The van der Waals surface area contributed by atoms with Crippen molar-refractivity contribution in [3.05, 3.63) is 46.5 Å². The van der Waals surface area contributed by atoms with Crippen molar-refractivity contribution in [2.24, 2.45) is 0 Å². The third kappa shape index (κ3) is 3.83. The van der Waals surface area contributed by atoms with E-state index in [0.717, 1.165) is 5.69 Å². The van der Waals surface area contributed by atoms with Gasteiger partial charge >= 0.3 is 0 Å². The Labute approximate surface area is 103 Å². The van der Waals surface area contributed by atoms with Crippen molar-refractivity contribution >= 4 is 28.8 Å². The van der Waals surface area contributed by atoms with Gasteiger partial charge in [0, 0.05) is 18.8 Å².